The van der Waals surface area contributed by atoms with E-state index in [4.69, 9.17) is 4.74 Å². The van der Waals surface area contributed by atoms with Crippen LogP contribution in [0.4, 0.5) is 0 Å². The number of esters is 1. The van der Waals surface area contributed by atoms with Crippen LogP contribution in [-0.2, 0) is 15.1 Å². The molecule has 4 heteroatoms. The molecule has 5 rings (SSSR count). The van der Waals surface area contributed by atoms with Crippen LogP contribution >= 0.6 is 0 Å². The number of unbranched alkanes of at least 4 members (excludes halogenated alkanes) is 1. The van der Waals surface area contributed by atoms with Crippen LogP contribution in [0.1, 0.15) is 64.4 Å². The molecule has 160 valence electrons. The number of piperidine rings is 4. The molecule has 4 fully saturated rings. The van der Waals surface area contributed by atoms with Gasteiger partial charge in [0.1, 0.15) is 12.1 Å². The molecule has 0 aliphatic carbocycles. The molecular formula is C25H39N2O2+. The number of benzene rings is 1. The number of ether oxygens (including phenoxy) is 1. The van der Waals surface area contributed by atoms with Gasteiger partial charge >= 0.3 is 5.97 Å². The summed E-state index contributed by atoms with van der Waals surface area (Å²) in [5.74, 6) is 0.528. The number of hydrogen-bond donors (Lipinski definition) is 0. The predicted molar refractivity (Wildman–Crippen MR) is 116 cm³/mol. The van der Waals surface area contributed by atoms with Crippen LogP contribution in [0.3, 0.4) is 0 Å². The van der Waals surface area contributed by atoms with Crippen LogP contribution in [0.5, 0.6) is 0 Å². The van der Waals surface area contributed by atoms with Crippen LogP contribution in [-0.4, -0.2) is 60.7 Å². The Balaban J connectivity index is 1.54. The summed E-state index contributed by atoms with van der Waals surface area (Å²) in [5, 5.41) is 0. The van der Waals surface area contributed by atoms with Crippen molar-refractivity contribution in [1.82, 2.24) is 4.90 Å². The Labute approximate surface area is 176 Å². The van der Waals surface area contributed by atoms with Crippen molar-refractivity contribution < 1.29 is 14.0 Å². The van der Waals surface area contributed by atoms with E-state index in [0.29, 0.717) is 5.92 Å². The van der Waals surface area contributed by atoms with E-state index in [2.05, 4.69) is 30.9 Å². The van der Waals surface area contributed by atoms with E-state index in [0.717, 1.165) is 25.2 Å². The Bertz CT molecular complexity index is 677. The maximum Gasteiger partial charge on any atom is 0.331 e. The highest BCUT2D eigenvalue weighted by Crippen LogP contribution is 2.38. The number of quaternary nitrogens is 1. The smallest absolute Gasteiger partial charge is 0.331 e. The second-order valence-corrected chi connectivity index (χ2v) is 9.82. The summed E-state index contributed by atoms with van der Waals surface area (Å²) in [6.07, 6.45) is 8.64. The molecule has 0 aromatic heterocycles. The fourth-order valence-corrected chi connectivity index (χ4v) is 5.95. The van der Waals surface area contributed by atoms with Gasteiger partial charge in [0.25, 0.3) is 0 Å². The number of carbonyl (C=O) groups is 1. The SMILES string of the molecule is CCCC[N+]12CCC(CC1)[C@@H](OC(=O)[C@](C)(c1ccccc1)N1CCCCC1)C2. The molecular weight excluding hydrogens is 360 g/mol. The largest absolute Gasteiger partial charge is 0.454 e. The van der Waals surface area contributed by atoms with Crippen molar-refractivity contribution in [3.05, 3.63) is 35.9 Å². The molecule has 0 spiro atoms. The fraction of sp³-hybridized carbons (Fsp3) is 0.720. The second kappa shape index (κ2) is 8.77. The fourth-order valence-electron chi connectivity index (χ4n) is 5.95. The predicted octanol–water partition coefficient (Wildman–Crippen LogP) is 4.34. The number of nitrogens with zero attached hydrogens (tertiary/aromatic N) is 2. The molecule has 4 heterocycles. The van der Waals surface area contributed by atoms with Gasteiger partial charge in [-0.1, -0.05) is 50.1 Å². The lowest BCUT2D eigenvalue weighted by Crippen LogP contribution is -2.65. The first-order valence-corrected chi connectivity index (χ1v) is 11.9. The number of carbonyl (C=O) groups excluding carboxylic acids is 1. The highest BCUT2D eigenvalue weighted by atomic mass is 16.5. The van der Waals surface area contributed by atoms with Crippen LogP contribution in [0.25, 0.3) is 0 Å². The average molecular weight is 400 g/mol. The van der Waals surface area contributed by atoms with Gasteiger partial charge in [-0.05, 0) is 44.8 Å². The molecule has 0 amide bonds. The Kier molecular flexibility index (Phi) is 6.31. The molecule has 1 aromatic rings. The third kappa shape index (κ3) is 4.11. The summed E-state index contributed by atoms with van der Waals surface area (Å²) in [5.41, 5.74) is 0.394. The average Bonchev–Trinajstić information content (AvgIpc) is 2.79. The van der Waals surface area contributed by atoms with Crippen molar-refractivity contribution >= 4 is 5.97 Å². The molecule has 2 atom stereocenters. The van der Waals surface area contributed by atoms with Crippen LogP contribution in [0.2, 0.25) is 0 Å². The minimum atomic E-state index is -0.679. The van der Waals surface area contributed by atoms with E-state index in [1.54, 1.807) is 0 Å². The second-order valence-electron chi connectivity index (χ2n) is 9.82. The third-order valence-corrected chi connectivity index (χ3v) is 8.01. The van der Waals surface area contributed by atoms with Gasteiger partial charge in [-0.15, -0.1) is 0 Å². The van der Waals surface area contributed by atoms with E-state index < -0.39 is 5.54 Å². The van der Waals surface area contributed by atoms with E-state index in [9.17, 15) is 4.79 Å². The highest BCUT2D eigenvalue weighted by Gasteiger charge is 2.50. The molecule has 0 saturated carbocycles. The summed E-state index contributed by atoms with van der Waals surface area (Å²) in [7, 11) is 0. The molecule has 4 saturated heterocycles. The normalized spacial score (nSPS) is 31.9. The minimum Gasteiger partial charge on any atom is -0.454 e. The standard InChI is InChI=1S/C25H39N2O2/c1-3-4-17-27-18-13-21(14-19-27)23(20-27)29-24(28)25(2,22-11-7-5-8-12-22)26-15-9-6-10-16-26/h5,7-8,11-12,21,23H,3-4,6,9-10,13-20H2,1-2H3/q+1/t21?,23-,25-,27?/m0/s1. The topological polar surface area (TPSA) is 29.5 Å². The zero-order valence-electron chi connectivity index (χ0n) is 18.4. The van der Waals surface area contributed by atoms with E-state index in [1.165, 1.54) is 69.1 Å². The summed E-state index contributed by atoms with van der Waals surface area (Å²) in [6.45, 7) is 11.2. The zero-order valence-corrected chi connectivity index (χ0v) is 18.4. The van der Waals surface area contributed by atoms with Gasteiger partial charge in [0, 0.05) is 18.8 Å². The number of fused-ring (bicyclic) bond motifs is 3. The van der Waals surface area contributed by atoms with Crippen LogP contribution in [0.15, 0.2) is 30.3 Å². The first-order chi connectivity index (χ1) is 14.1. The molecule has 4 aliphatic heterocycles. The van der Waals surface area contributed by atoms with Gasteiger partial charge in [0.05, 0.1) is 19.6 Å². The quantitative estimate of drug-likeness (QED) is 0.505. The first kappa shape index (κ1) is 20.9. The van der Waals surface area contributed by atoms with Crippen molar-refractivity contribution in [2.24, 2.45) is 5.92 Å². The van der Waals surface area contributed by atoms with Crippen molar-refractivity contribution in [3.8, 4) is 0 Å². The summed E-state index contributed by atoms with van der Waals surface area (Å²) in [6, 6.07) is 10.3. The summed E-state index contributed by atoms with van der Waals surface area (Å²) < 4.78 is 7.58. The van der Waals surface area contributed by atoms with Crippen LogP contribution in [0, 0.1) is 5.92 Å². The van der Waals surface area contributed by atoms with Gasteiger partial charge in [0.15, 0.2) is 6.10 Å². The molecule has 4 aliphatic rings. The number of rotatable bonds is 7. The van der Waals surface area contributed by atoms with Crippen molar-refractivity contribution in [2.45, 2.75) is 70.4 Å². The molecule has 1 aromatic carbocycles. The lowest BCUT2D eigenvalue weighted by atomic mass is 9.82. The Morgan fingerprint density at radius 3 is 2.48 bits per heavy atom. The van der Waals surface area contributed by atoms with Gasteiger partial charge < -0.3 is 9.22 Å². The van der Waals surface area contributed by atoms with Gasteiger partial charge in [-0.3, -0.25) is 4.90 Å². The number of hydrogen-bond acceptors (Lipinski definition) is 3. The molecule has 0 radical (unpaired) electrons. The summed E-state index contributed by atoms with van der Waals surface area (Å²) in [4.78, 5) is 16.1. The van der Waals surface area contributed by atoms with Gasteiger partial charge in [-0.25, -0.2) is 4.79 Å². The molecule has 4 nitrogen and oxygen atoms in total. The Hall–Kier alpha value is -1.39. The van der Waals surface area contributed by atoms with Crippen molar-refractivity contribution in [1.29, 1.82) is 0 Å². The zero-order chi connectivity index (χ0) is 20.3. The van der Waals surface area contributed by atoms with E-state index in [-0.39, 0.29) is 12.1 Å². The highest BCUT2D eigenvalue weighted by molar-refractivity contribution is 5.82. The van der Waals surface area contributed by atoms with Gasteiger partial charge in [0.2, 0.25) is 0 Å². The van der Waals surface area contributed by atoms with Gasteiger partial charge in [-0.2, -0.15) is 0 Å². The lowest BCUT2D eigenvalue weighted by Gasteiger charge is -2.52. The van der Waals surface area contributed by atoms with Crippen molar-refractivity contribution in [3.63, 3.8) is 0 Å². The van der Waals surface area contributed by atoms with Crippen molar-refractivity contribution in [2.75, 3.05) is 39.3 Å². The molecule has 0 N–H and O–H groups in total. The first-order valence-electron chi connectivity index (χ1n) is 11.9. The summed E-state index contributed by atoms with van der Waals surface area (Å²) >= 11 is 0. The Morgan fingerprint density at radius 2 is 1.83 bits per heavy atom. The monoisotopic (exact) mass is 399 g/mol. The minimum absolute atomic E-state index is 0.0296. The maximum atomic E-state index is 13.8. The Morgan fingerprint density at radius 1 is 1.14 bits per heavy atom. The van der Waals surface area contributed by atoms with E-state index in [1.807, 2.05) is 18.2 Å². The third-order valence-electron chi connectivity index (χ3n) is 8.01. The lowest BCUT2D eigenvalue weighted by molar-refractivity contribution is -0.946. The number of likely N-dealkylation sites (tertiary alicyclic amines) is 1. The molecule has 0 unspecified atom stereocenters. The molecule has 2 bridgehead atoms. The van der Waals surface area contributed by atoms with E-state index >= 15 is 0 Å². The maximum absolute atomic E-state index is 13.8. The van der Waals surface area contributed by atoms with Crippen LogP contribution < -0.4 is 0 Å². The molecule has 29 heavy (non-hydrogen) atoms.